The third-order valence-corrected chi connectivity index (χ3v) is 4.45. The summed E-state index contributed by atoms with van der Waals surface area (Å²) in [5.74, 6) is 0.554. The average molecular weight is 274 g/mol. The van der Waals surface area contributed by atoms with E-state index >= 15 is 0 Å². The third-order valence-electron chi connectivity index (χ3n) is 4.45. The molecule has 4 rings (SSSR count). The molecule has 0 unspecified atom stereocenters. The van der Waals surface area contributed by atoms with Gasteiger partial charge < -0.3 is 4.74 Å². The number of rotatable bonds is 3. The van der Waals surface area contributed by atoms with Crippen LogP contribution in [0.3, 0.4) is 0 Å². The van der Waals surface area contributed by atoms with Crippen LogP contribution in [0.4, 0.5) is 10.5 Å². The second-order valence-corrected chi connectivity index (χ2v) is 5.64. The minimum Gasteiger partial charge on any atom is -0.444 e. The number of carbonyl (C=O) groups excluding carboxylic acids is 1. The third kappa shape index (κ3) is 2.66. The number of carbonyl (C=O) groups is 1. The molecule has 1 atom stereocenters. The van der Waals surface area contributed by atoms with Gasteiger partial charge in [0, 0.05) is 18.8 Å². The summed E-state index contributed by atoms with van der Waals surface area (Å²) in [4.78, 5) is 16.5. The summed E-state index contributed by atoms with van der Waals surface area (Å²) in [6, 6.07) is 9.73. The Balaban J connectivity index is 1.66. The fraction of sp³-hybridized carbons (Fsp3) is 0.562. The van der Waals surface area contributed by atoms with Gasteiger partial charge in [-0.3, -0.25) is 9.80 Å². The number of ether oxygens (including phenoxy) is 1. The van der Waals surface area contributed by atoms with E-state index in [1.165, 1.54) is 0 Å². The number of fused-ring (bicyclic) bond motifs is 3. The molecule has 3 heterocycles. The Bertz CT molecular complexity index is 455. The van der Waals surface area contributed by atoms with Crippen molar-refractivity contribution in [3.05, 3.63) is 30.3 Å². The summed E-state index contributed by atoms with van der Waals surface area (Å²) in [7, 11) is 0. The number of hydrogen-bond donors (Lipinski definition) is 0. The van der Waals surface area contributed by atoms with Gasteiger partial charge in [0.2, 0.25) is 0 Å². The lowest BCUT2D eigenvalue weighted by molar-refractivity contribution is -0.0309. The molecule has 1 aromatic rings. The molecular weight excluding hydrogens is 252 g/mol. The SMILES string of the molecule is CCN(C(=O)O[C@H]1CN2CCC1CC2)c1ccccc1. The van der Waals surface area contributed by atoms with Crippen LogP contribution >= 0.6 is 0 Å². The average Bonchev–Trinajstić information content (AvgIpc) is 2.50. The van der Waals surface area contributed by atoms with Crippen LogP contribution < -0.4 is 4.90 Å². The Labute approximate surface area is 120 Å². The van der Waals surface area contributed by atoms with Gasteiger partial charge in [0.15, 0.2) is 0 Å². The molecule has 0 radical (unpaired) electrons. The van der Waals surface area contributed by atoms with E-state index in [1.807, 2.05) is 37.3 Å². The van der Waals surface area contributed by atoms with Crippen LogP contribution in [0.25, 0.3) is 0 Å². The van der Waals surface area contributed by atoms with Crippen molar-refractivity contribution >= 4 is 11.8 Å². The number of amides is 1. The van der Waals surface area contributed by atoms with Crippen molar-refractivity contribution in [2.24, 2.45) is 5.92 Å². The summed E-state index contributed by atoms with van der Waals surface area (Å²) >= 11 is 0. The van der Waals surface area contributed by atoms with Gasteiger partial charge in [-0.05, 0) is 50.9 Å². The van der Waals surface area contributed by atoms with E-state index in [-0.39, 0.29) is 12.2 Å². The minimum absolute atomic E-state index is 0.0720. The van der Waals surface area contributed by atoms with Crippen LogP contribution in [0.5, 0.6) is 0 Å². The van der Waals surface area contributed by atoms with Crippen molar-refractivity contribution in [3.8, 4) is 0 Å². The number of nitrogens with zero attached hydrogens (tertiary/aromatic N) is 2. The van der Waals surface area contributed by atoms with E-state index in [1.54, 1.807) is 4.90 Å². The Morgan fingerprint density at radius 2 is 2.00 bits per heavy atom. The Kier molecular flexibility index (Phi) is 3.92. The van der Waals surface area contributed by atoms with Crippen molar-refractivity contribution < 1.29 is 9.53 Å². The van der Waals surface area contributed by atoms with Crippen molar-refractivity contribution in [2.45, 2.75) is 25.9 Å². The lowest BCUT2D eigenvalue weighted by Crippen LogP contribution is -2.53. The molecule has 0 N–H and O–H groups in total. The van der Waals surface area contributed by atoms with Crippen molar-refractivity contribution in [1.29, 1.82) is 0 Å². The Morgan fingerprint density at radius 1 is 1.30 bits per heavy atom. The molecule has 0 spiro atoms. The highest BCUT2D eigenvalue weighted by Crippen LogP contribution is 2.30. The van der Waals surface area contributed by atoms with Gasteiger partial charge >= 0.3 is 6.09 Å². The van der Waals surface area contributed by atoms with E-state index in [4.69, 9.17) is 4.74 Å². The van der Waals surface area contributed by atoms with Gasteiger partial charge in [-0.25, -0.2) is 4.79 Å². The van der Waals surface area contributed by atoms with E-state index < -0.39 is 0 Å². The maximum Gasteiger partial charge on any atom is 0.414 e. The number of anilines is 1. The normalized spacial score (nSPS) is 28.1. The zero-order valence-electron chi connectivity index (χ0n) is 12.0. The molecule has 0 aromatic heterocycles. The molecule has 1 amide bonds. The quantitative estimate of drug-likeness (QED) is 0.849. The number of para-hydroxylation sites is 1. The first kappa shape index (κ1) is 13.4. The predicted octanol–water partition coefficient (Wildman–Crippen LogP) is 2.74. The first-order valence-electron chi connectivity index (χ1n) is 7.53. The molecule has 108 valence electrons. The maximum atomic E-state index is 12.4. The number of benzene rings is 1. The van der Waals surface area contributed by atoms with Gasteiger partial charge in [-0.15, -0.1) is 0 Å². The molecule has 20 heavy (non-hydrogen) atoms. The molecule has 4 nitrogen and oxygen atoms in total. The van der Waals surface area contributed by atoms with Crippen LogP contribution in [-0.2, 0) is 4.74 Å². The van der Waals surface area contributed by atoms with Crippen LogP contribution in [-0.4, -0.2) is 43.3 Å². The Morgan fingerprint density at radius 3 is 2.55 bits per heavy atom. The second kappa shape index (κ2) is 5.83. The number of piperidine rings is 3. The van der Waals surface area contributed by atoms with E-state index in [0.717, 1.165) is 38.2 Å². The van der Waals surface area contributed by atoms with Crippen LogP contribution in [0, 0.1) is 5.92 Å². The topological polar surface area (TPSA) is 32.8 Å². The lowest BCUT2D eigenvalue weighted by atomic mass is 9.86. The largest absolute Gasteiger partial charge is 0.444 e. The van der Waals surface area contributed by atoms with Crippen LogP contribution in [0.1, 0.15) is 19.8 Å². The van der Waals surface area contributed by atoms with Crippen molar-refractivity contribution in [1.82, 2.24) is 4.90 Å². The molecule has 1 aromatic carbocycles. The summed E-state index contributed by atoms with van der Waals surface area (Å²) in [6.07, 6.45) is 2.19. The lowest BCUT2D eigenvalue weighted by Gasteiger charge is -2.44. The standard InChI is InChI=1S/C16H22N2O2/c1-2-18(14-6-4-3-5-7-14)16(19)20-15-12-17-10-8-13(15)9-11-17/h3-7,13,15H,2,8-12H2,1H3/t15-/m0/s1. The van der Waals surface area contributed by atoms with Crippen molar-refractivity contribution in [3.63, 3.8) is 0 Å². The van der Waals surface area contributed by atoms with Gasteiger partial charge in [0.25, 0.3) is 0 Å². The molecule has 3 fully saturated rings. The molecule has 0 saturated carbocycles. The molecule has 2 bridgehead atoms. The van der Waals surface area contributed by atoms with E-state index in [9.17, 15) is 4.79 Å². The van der Waals surface area contributed by atoms with Gasteiger partial charge in [0.05, 0.1) is 0 Å². The summed E-state index contributed by atoms with van der Waals surface area (Å²) in [5.41, 5.74) is 0.904. The smallest absolute Gasteiger partial charge is 0.414 e. The van der Waals surface area contributed by atoms with E-state index in [0.29, 0.717) is 12.5 Å². The van der Waals surface area contributed by atoms with Gasteiger partial charge in [-0.2, -0.15) is 0 Å². The molecule has 3 saturated heterocycles. The maximum absolute atomic E-state index is 12.4. The van der Waals surface area contributed by atoms with Crippen molar-refractivity contribution in [2.75, 3.05) is 31.1 Å². The highest BCUT2D eigenvalue weighted by molar-refractivity contribution is 5.87. The summed E-state index contributed by atoms with van der Waals surface area (Å²) in [5, 5.41) is 0. The van der Waals surface area contributed by atoms with Gasteiger partial charge in [0.1, 0.15) is 6.10 Å². The van der Waals surface area contributed by atoms with E-state index in [2.05, 4.69) is 4.90 Å². The molecule has 0 aliphatic carbocycles. The molecular formula is C16H22N2O2. The number of hydrogen-bond acceptors (Lipinski definition) is 3. The minimum atomic E-state index is -0.211. The summed E-state index contributed by atoms with van der Waals surface area (Å²) in [6.45, 7) is 5.83. The first-order chi connectivity index (χ1) is 9.78. The molecule has 3 aliphatic rings. The first-order valence-corrected chi connectivity index (χ1v) is 7.53. The highest BCUT2D eigenvalue weighted by atomic mass is 16.6. The fourth-order valence-corrected chi connectivity index (χ4v) is 3.26. The Hall–Kier alpha value is -1.55. The predicted molar refractivity (Wildman–Crippen MR) is 78.9 cm³/mol. The van der Waals surface area contributed by atoms with Crippen LogP contribution in [0.2, 0.25) is 0 Å². The highest BCUT2D eigenvalue weighted by Gasteiger charge is 2.37. The second-order valence-electron chi connectivity index (χ2n) is 5.64. The monoisotopic (exact) mass is 274 g/mol. The molecule has 3 aliphatic heterocycles. The summed E-state index contributed by atoms with van der Waals surface area (Å²) < 4.78 is 5.78. The zero-order chi connectivity index (χ0) is 13.9. The van der Waals surface area contributed by atoms with Crippen LogP contribution in [0.15, 0.2) is 30.3 Å². The van der Waals surface area contributed by atoms with Gasteiger partial charge in [-0.1, -0.05) is 18.2 Å². The zero-order valence-corrected chi connectivity index (χ0v) is 12.0. The molecule has 4 heteroatoms. The fourth-order valence-electron chi connectivity index (χ4n) is 3.26.